The SMILES string of the molecule is CCOC(c1ccccc1)C(O)c1ccc(C)c(C)c1. The predicted octanol–water partition coefficient (Wildman–Crippen LogP) is 4.11. The predicted molar refractivity (Wildman–Crippen MR) is 81.7 cm³/mol. The van der Waals surface area contributed by atoms with E-state index in [0.717, 1.165) is 11.1 Å². The highest BCUT2D eigenvalue weighted by Crippen LogP contribution is 2.32. The highest BCUT2D eigenvalue weighted by Gasteiger charge is 2.23. The third-order valence-corrected chi connectivity index (χ3v) is 3.63. The number of aryl methyl sites for hydroxylation is 2. The molecule has 2 rings (SSSR count). The van der Waals surface area contributed by atoms with Crippen LogP contribution in [0.4, 0.5) is 0 Å². The molecule has 0 bridgehead atoms. The van der Waals surface area contributed by atoms with Crippen LogP contribution >= 0.6 is 0 Å². The van der Waals surface area contributed by atoms with Gasteiger partial charge in [-0.1, -0.05) is 48.5 Å². The van der Waals surface area contributed by atoms with Gasteiger partial charge in [0.1, 0.15) is 12.2 Å². The molecule has 1 N–H and O–H groups in total. The van der Waals surface area contributed by atoms with Gasteiger partial charge in [0, 0.05) is 6.61 Å². The van der Waals surface area contributed by atoms with Crippen LogP contribution in [0.2, 0.25) is 0 Å². The fourth-order valence-electron chi connectivity index (χ4n) is 2.32. The number of benzene rings is 2. The molecule has 2 atom stereocenters. The minimum absolute atomic E-state index is 0.330. The quantitative estimate of drug-likeness (QED) is 0.885. The number of rotatable bonds is 5. The lowest BCUT2D eigenvalue weighted by Crippen LogP contribution is -2.14. The number of hydrogen-bond donors (Lipinski definition) is 1. The molecule has 0 heterocycles. The summed E-state index contributed by atoms with van der Waals surface area (Å²) in [5.74, 6) is 0. The average Bonchev–Trinajstić information content (AvgIpc) is 2.48. The Morgan fingerprint density at radius 3 is 2.25 bits per heavy atom. The summed E-state index contributed by atoms with van der Waals surface area (Å²) in [6, 6.07) is 15.9. The molecule has 0 amide bonds. The Bertz CT molecular complexity index is 549. The van der Waals surface area contributed by atoms with Crippen LogP contribution in [0.1, 0.15) is 41.4 Å². The summed E-state index contributed by atoms with van der Waals surface area (Å²) < 4.78 is 5.76. The first-order chi connectivity index (χ1) is 9.63. The molecule has 0 aliphatic carbocycles. The molecule has 0 aromatic heterocycles. The lowest BCUT2D eigenvalue weighted by atomic mass is 9.95. The molecule has 0 aliphatic rings. The first kappa shape index (κ1) is 14.8. The van der Waals surface area contributed by atoms with Crippen LogP contribution in [-0.2, 0) is 4.74 Å². The maximum absolute atomic E-state index is 10.7. The Balaban J connectivity index is 2.31. The van der Waals surface area contributed by atoms with Gasteiger partial charge in [-0.15, -0.1) is 0 Å². The van der Waals surface area contributed by atoms with Crippen molar-refractivity contribution in [1.29, 1.82) is 0 Å². The van der Waals surface area contributed by atoms with E-state index < -0.39 is 6.10 Å². The van der Waals surface area contributed by atoms with E-state index in [2.05, 4.69) is 13.8 Å². The molecule has 0 fully saturated rings. The zero-order valence-corrected chi connectivity index (χ0v) is 12.3. The average molecular weight is 270 g/mol. The van der Waals surface area contributed by atoms with Gasteiger partial charge in [-0.25, -0.2) is 0 Å². The number of ether oxygens (including phenoxy) is 1. The molecule has 106 valence electrons. The minimum Gasteiger partial charge on any atom is -0.385 e. The van der Waals surface area contributed by atoms with Crippen LogP contribution in [0.3, 0.4) is 0 Å². The molecular weight excluding hydrogens is 248 g/mol. The maximum atomic E-state index is 10.7. The molecule has 0 aliphatic heterocycles. The monoisotopic (exact) mass is 270 g/mol. The third kappa shape index (κ3) is 3.27. The van der Waals surface area contributed by atoms with Crippen molar-refractivity contribution in [2.45, 2.75) is 33.0 Å². The van der Waals surface area contributed by atoms with Gasteiger partial charge < -0.3 is 9.84 Å². The lowest BCUT2D eigenvalue weighted by Gasteiger charge is -2.24. The third-order valence-electron chi connectivity index (χ3n) is 3.63. The summed E-state index contributed by atoms with van der Waals surface area (Å²) in [6.45, 7) is 6.65. The molecule has 2 unspecified atom stereocenters. The second-order valence-corrected chi connectivity index (χ2v) is 5.08. The Labute approximate surface area is 121 Å². The fourth-order valence-corrected chi connectivity index (χ4v) is 2.32. The zero-order chi connectivity index (χ0) is 14.5. The van der Waals surface area contributed by atoms with Gasteiger partial charge in [0.15, 0.2) is 0 Å². The van der Waals surface area contributed by atoms with Crippen molar-refractivity contribution in [1.82, 2.24) is 0 Å². The van der Waals surface area contributed by atoms with Crippen molar-refractivity contribution in [2.75, 3.05) is 6.61 Å². The van der Waals surface area contributed by atoms with Gasteiger partial charge in [-0.2, -0.15) is 0 Å². The van der Waals surface area contributed by atoms with E-state index in [-0.39, 0.29) is 6.10 Å². The van der Waals surface area contributed by atoms with E-state index in [1.165, 1.54) is 11.1 Å². The highest BCUT2D eigenvalue weighted by atomic mass is 16.5. The second kappa shape index (κ2) is 6.69. The van der Waals surface area contributed by atoms with Gasteiger partial charge >= 0.3 is 0 Å². The van der Waals surface area contributed by atoms with E-state index in [4.69, 9.17) is 4.74 Å². The maximum Gasteiger partial charge on any atom is 0.112 e. The Morgan fingerprint density at radius 2 is 1.65 bits per heavy atom. The van der Waals surface area contributed by atoms with E-state index in [0.29, 0.717) is 6.61 Å². The minimum atomic E-state index is -0.656. The van der Waals surface area contributed by atoms with Crippen molar-refractivity contribution >= 4 is 0 Å². The number of aliphatic hydroxyl groups excluding tert-OH is 1. The molecule has 2 nitrogen and oxygen atoms in total. The topological polar surface area (TPSA) is 29.5 Å². The van der Waals surface area contributed by atoms with Gasteiger partial charge in [-0.05, 0) is 43.0 Å². The van der Waals surface area contributed by atoms with Gasteiger partial charge in [0.25, 0.3) is 0 Å². The zero-order valence-electron chi connectivity index (χ0n) is 12.3. The molecule has 2 aromatic rings. The molecular formula is C18H22O2. The van der Waals surface area contributed by atoms with Crippen LogP contribution in [0, 0.1) is 13.8 Å². The van der Waals surface area contributed by atoms with Gasteiger partial charge in [0.2, 0.25) is 0 Å². The molecule has 0 spiro atoms. The molecule has 0 saturated heterocycles. The molecule has 2 heteroatoms. The smallest absolute Gasteiger partial charge is 0.112 e. The lowest BCUT2D eigenvalue weighted by molar-refractivity contribution is -0.0361. The normalized spacial score (nSPS) is 14.0. The molecule has 20 heavy (non-hydrogen) atoms. The Kier molecular flexibility index (Phi) is 4.94. The van der Waals surface area contributed by atoms with E-state index in [9.17, 15) is 5.11 Å². The molecule has 0 saturated carbocycles. The number of aliphatic hydroxyl groups is 1. The first-order valence-electron chi connectivity index (χ1n) is 7.05. The largest absolute Gasteiger partial charge is 0.385 e. The van der Waals surface area contributed by atoms with Crippen LogP contribution in [-0.4, -0.2) is 11.7 Å². The van der Waals surface area contributed by atoms with Crippen LogP contribution in [0.15, 0.2) is 48.5 Å². The summed E-state index contributed by atoms with van der Waals surface area (Å²) in [4.78, 5) is 0. The van der Waals surface area contributed by atoms with Crippen molar-refractivity contribution in [3.63, 3.8) is 0 Å². The van der Waals surface area contributed by atoms with Crippen LogP contribution < -0.4 is 0 Å². The van der Waals surface area contributed by atoms with Gasteiger partial charge in [0.05, 0.1) is 0 Å². The van der Waals surface area contributed by atoms with E-state index in [1.54, 1.807) is 0 Å². The molecule has 0 radical (unpaired) electrons. The van der Waals surface area contributed by atoms with Crippen molar-refractivity contribution in [2.24, 2.45) is 0 Å². The molecule has 2 aromatic carbocycles. The summed E-state index contributed by atoms with van der Waals surface area (Å²) in [6.07, 6.45) is -0.986. The highest BCUT2D eigenvalue weighted by molar-refractivity contribution is 5.33. The summed E-state index contributed by atoms with van der Waals surface area (Å²) in [5, 5.41) is 10.7. The first-order valence-corrected chi connectivity index (χ1v) is 7.05. The van der Waals surface area contributed by atoms with Gasteiger partial charge in [-0.3, -0.25) is 0 Å². The van der Waals surface area contributed by atoms with E-state index in [1.807, 2.05) is 55.5 Å². The van der Waals surface area contributed by atoms with Crippen molar-refractivity contribution < 1.29 is 9.84 Å². The van der Waals surface area contributed by atoms with Crippen LogP contribution in [0.5, 0.6) is 0 Å². The van der Waals surface area contributed by atoms with Crippen molar-refractivity contribution in [3.8, 4) is 0 Å². The Hall–Kier alpha value is -1.64. The number of hydrogen-bond acceptors (Lipinski definition) is 2. The Morgan fingerprint density at radius 1 is 0.950 bits per heavy atom. The van der Waals surface area contributed by atoms with Crippen LogP contribution in [0.25, 0.3) is 0 Å². The standard InChI is InChI=1S/C18H22O2/c1-4-20-18(15-8-6-5-7-9-15)17(19)16-11-10-13(2)14(3)12-16/h5-12,17-19H,4H2,1-3H3. The van der Waals surface area contributed by atoms with Crippen molar-refractivity contribution in [3.05, 3.63) is 70.8 Å². The summed E-state index contributed by atoms with van der Waals surface area (Å²) in [5.41, 5.74) is 4.31. The second-order valence-electron chi connectivity index (χ2n) is 5.08. The summed E-state index contributed by atoms with van der Waals surface area (Å²) >= 11 is 0. The summed E-state index contributed by atoms with van der Waals surface area (Å²) in [7, 11) is 0. The fraction of sp³-hybridized carbons (Fsp3) is 0.333. The van der Waals surface area contributed by atoms with E-state index >= 15 is 0 Å².